The van der Waals surface area contributed by atoms with E-state index in [2.05, 4.69) is 34.4 Å². The molecule has 0 saturated carbocycles. The van der Waals surface area contributed by atoms with Crippen LogP contribution in [-0.2, 0) is 0 Å². The van der Waals surface area contributed by atoms with E-state index in [1.54, 1.807) is 12.4 Å². The molecule has 1 aliphatic heterocycles. The number of amides is 1. The van der Waals surface area contributed by atoms with Crippen molar-refractivity contribution in [2.24, 2.45) is 0 Å². The van der Waals surface area contributed by atoms with E-state index < -0.39 is 0 Å². The molecule has 0 spiro atoms. The summed E-state index contributed by atoms with van der Waals surface area (Å²) in [5, 5.41) is 1.06. The number of carbonyl (C=O) groups is 1. The average Bonchev–Trinajstić information content (AvgIpc) is 2.92. The maximum Gasteiger partial charge on any atom is 0.275 e. The minimum atomic E-state index is 0.0179. The number of nitrogens with zero attached hydrogens (tertiary/aromatic N) is 4. The number of rotatable bonds is 1. The Morgan fingerprint density at radius 2 is 1.91 bits per heavy atom. The summed E-state index contributed by atoms with van der Waals surface area (Å²) < 4.78 is 2.08. The SMILES string of the molecule is Cc1cc(C)c2cc3n(c2n1)C(C)CN(c1ccncc1)C3=O. The molecule has 0 radical (unpaired) electrons. The van der Waals surface area contributed by atoms with Gasteiger partial charge in [0.1, 0.15) is 11.3 Å². The number of anilines is 1. The third kappa shape index (κ3) is 2.04. The van der Waals surface area contributed by atoms with Crippen LogP contribution in [0.1, 0.15) is 34.7 Å². The largest absolute Gasteiger partial charge is 0.317 e. The molecule has 0 saturated heterocycles. The highest BCUT2D eigenvalue weighted by Gasteiger charge is 2.32. The number of carbonyl (C=O) groups excluding carboxylic acids is 1. The summed E-state index contributed by atoms with van der Waals surface area (Å²) in [5.41, 5.74) is 4.63. The van der Waals surface area contributed by atoms with Crippen LogP contribution < -0.4 is 4.90 Å². The van der Waals surface area contributed by atoms with Crippen molar-refractivity contribution in [1.29, 1.82) is 0 Å². The van der Waals surface area contributed by atoms with Gasteiger partial charge in [-0.1, -0.05) is 0 Å². The van der Waals surface area contributed by atoms with Gasteiger partial charge in [-0.3, -0.25) is 9.78 Å². The number of aromatic nitrogens is 3. The van der Waals surface area contributed by atoms with Crippen LogP contribution in [0.5, 0.6) is 0 Å². The molecule has 5 nitrogen and oxygen atoms in total. The van der Waals surface area contributed by atoms with Crippen LogP contribution in [-0.4, -0.2) is 27.0 Å². The lowest BCUT2D eigenvalue weighted by Crippen LogP contribution is -2.42. The van der Waals surface area contributed by atoms with Gasteiger partial charge >= 0.3 is 0 Å². The molecule has 1 amide bonds. The summed E-state index contributed by atoms with van der Waals surface area (Å²) >= 11 is 0. The molecule has 116 valence electrons. The molecular weight excluding hydrogens is 288 g/mol. The topological polar surface area (TPSA) is 51.0 Å². The zero-order valence-electron chi connectivity index (χ0n) is 13.4. The quantitative estimate of drug-likeness (QED) is 0.693. The Balaban J connectivity index is 1.91. The van der Waals surface area contributed by atoms with Crippen molar-refractivity contribution < 1.29 is 4.79 Å². The fourth-order valence-electron chi connectivity index (χ4n) is 3.43. The van der Waals surface area contributed by atoms with Crippen molar-refractivity contribution in [1.82, 2.24) is 14.5 Å². The Labute approximate surface area is 134 Å². The first-order valence-corrected chi connectivity index (χ1v) is 7.77. The summed E-state index contributed by atoms with van der Waals surface area (Å²) in [6, 6.07) is 7.95. The number of aryl methyl sites for hydroxylation is 2. The van der Waals surface area contributed by atoms with Gasteiger partial charge < -0.3 is 9.47 Å². The Morgan fingerprint density at radius 1 is 1.17 bits per heavy atom. The molecule has 0 aromatic carbocycles. The van der Waals surface area contributed by atoms with Crippen molar-refractivity contribution in [3.05, 3.63) is 53.6 Å². The van der Waals surface area contributed by atoms with Crippen molar-refractivity contribution in [3.63, 3.8) is 0 Å². The Morgan fingerprint density at radius 3 is 2.65 bits per heavy atom. The van der Waals surface area contributed by atoms with E-state index in [4.69, 9.17) is 0 Å². The lowest BCUT2D eigenvalue weighted by Gasteiger charge is -2.33. The number of hydrogen-bond acceptors (Lipinski definition) is 3. The summed E-state index contributed by atoms with van der Waals surface area (Å²) in [6.07, 6.45) is 3.43. The van der Waals surface area contributed by atoms with Crippen LogP contribution >= 0.6 is 0 Å². The van der Waals surface area contributed by atoms with Crippen LogP contribution in [0.25, 0.3) is 11.0 Å². The van der Waals surface area contributed by atoms with E-state index >= 15 is 0 Å². The van der Waals surface area contributed by atoms with E-state index in [-0.39, 0.29) is 11.9 Å². The zero-order valence-corrected chi connectivity index (χ0v) is 13.4. The predicted octanol–water partition coefficient (Wildman–Crippen LogP) is 3.27. The molecule has 0 N–H and O–H groups in total. The normalized spacial score (nSPS) is 17.6. The monoisotopic (exact) mass is 306 g/mol. The van der Waals surface area contributed by atoms with Crippen LogP contribution in [0.3, 0.4) is 0 Å². The predicted molar refractivity (Wildman–Crippen MR) is 89.8 cm³/mol. The molecule has 23 heavy (non-hydrogen) atoms. The molecule has 1 unspecified atom stereocenters. The third-order valence-corrected chi connectivity index (χ3v) is 4.47. The van der Waals surface area contributed by atoms with Gasteiger partial charge in [-0.2, -0.15) is 0 Å². The van der Waals surface area contributed by atoms with E-state index in [0.29, 0.717) is 12.2 Å². The molecule has 3 aromatic rings. The molecule has 4 heterocycles. The Bertz CT molecular complexity index is 914. The number of hydrogen-bond donors (Lipinski definition) is 0. The summed E-state index contributed by atoms with van der Waals surface area (Å²) in [5.74, 6) is 0.0179. The second-order valence-electron chi connectivity index (χ2n) is 6.19. The molecule has 1 aliphatic rings. The Hall–Kier alpha value is -2.69. The van der Waals surface area contributed by atoms with Crippen molar-refractivity contribution in [3.8, 4) is 0 Å². The first-order chi connectivity index (χ1) is 11.1. The first-order valence-electron chi connectivity index (χ1n) is 7.77. The lowest BCUT2D eigenvalue weighted by atomic mass is 10.1. The molecule has 0 bridgehead atoms. The van der Waals surface area contributed by atoms with Crippen molar-refractivity contribution in [2.75, 3.05) is 11.4 Å². The van der Waals surface area contributed by atoms with Crippen LogP contribution in [0.2, 0.25) is 0 Å². The van der Waals surface area contributed by atoms with Gasteiger partial charge in [-0.05, 0) is 50.6 Å². The second-order valence-corrected chi connectivity index (χ2v) is 6.19. The molecule has 0 fully saturated rings. The van der Waals surface area contributed by atoms with Crippen molar-refractivity contribution >= 4 is 22.6 Å². The van der Waals surface area contributed by atoms with Gasteiger partial charge in [0.2, 0.25) is 0 Å². The lowest BCUT2D eigenvalue weighted by molar-refractivity contribution is 0.0958. The van der Waals surface area contributed by atoms with Gasteiger partial charge in [0.05, 0.1) is 6.04 Å². The number of pyridine rings is 2. The average molecular weight is 306 g/mol. The fraction of sp³-hybridized carbons (Fsp3) is 0.278. The van der Waals surface area contributed by atoms with Gasteiger partial charge in [0.15, 0.2) is 0 Å². The van der Waals surface area contributed by atoms with E-state index in [9.17, 15) is 4.79 Å². The number of fused-ring (bicyclic) bond motifs is 3. The van der Waals surface area contributed by atoms with E-state index in [1.807, 2.05) is 30.0 Å². The van der Waals surface area contributed by atoms with Crippen LogP contribution in [0, 0.1) is 13.8 Å². The highest BCUT2D eigenvalue weighted by molar-refractivity contribution is 6.08. The van der Waals surface area contributed by atoms with Crippen molar-refractivity contribution in [2.45, 2.75) is 26.8 Å². The molecular formula is C18H18N4O. The molecule has 0 aliphatic carbocycles. The van der Waals surface area contributed by atoms with Gasteiger partial charge in [-0.25, -0.2) is 4.98 Å². The molecule has 5 heteroatoms. The van der Waals surface area contributed by atoms with Gasteiger partial charge in [-0.15, -0.1) is 0 Å². The summed E-state index contributed by atoms with van der Waals surface area (Å²) in [7, 11) is 0. The van der Waals surface area contributed by atoms with Gasteiger partial charge in [0, 0.05) is 35.7 Å². The molecule has 1 atom stereocenters. The highest BCUT2D eigenvalue weighted by atomic mass is 16.2. The first kappa shape index (κ1) is 13.9. The maximum absolute atomic E-state index is 13.0. The zero-order chi connectivity index (χ0) is 16.1. The smallest absolute Gasteiger partial charge is 0.275 e. The minimum absolute atomic E-state index is 0.0179. The highest BCUT2D eigenvalue weighted by Crippen LogP contribution is 2.32. The molecule has 4 rings (SSSR count). The maximum atomic E-state index is 13.0. The van der Waals surface area contributed by atoms with E-state index in [0.717, 1.165) is 28.0 Å². The van der Waals surface area contributed by atoms with Crippen LogP contribution in [0.4, 0.5) is 5.69 Å². The third-order valence-electron chi connectivity index (χ3n) is 4.47. The summed E-state index contributed by atoms with van der Waals surface area (Å²) in [6.45, 7) is 6.82. The minimum Gasteiger partial charge on any atom is -0.317 e. The van der Waals surface area contributed by atoms with Crippen LogP contribution in [0.15, 0.2) is 36.7 Å². The summed E-state index contributed by atoms with van der Waals surface area (Å²) in [4.78, 5) is 23.5. The van der Waals surface area contributed by atoms with E-state index in [1.165, 1.54) is 0 Å². The standard InChI is InChI=1S/C18H18N4O/c1-11-8-12(2)20-17-15(11)9-16-18(23)21(10-13(3)22(16)17)14-4-6-19-7-5-14/h4-9,13H,10H2,1-3H3. The second kappa shape index (κ2) is 4.91. The molecule has 3 aromatic heterocycles. The van der Waals surface area contributed by atoms with Gasteiger partial charge in [0.25, 0.3) is 5.91 Å². The fourth-order valence-corrected chi connectivity index (χ4v) is 3.43. The Kier molecular flexibility index (Phi) is 2.98.